The zero-order chi connectivity index (χ0) is 23.0. The smallest absolute Gasteiger partial charge is 0.407 e. The van der Waals surface area contributed by atoms with Gasteiger partial charge in [0.05, 0.1) is 18.6 Å². The Bertz CT molecular complexity index is 1050. The molecule has 0 radical (unpaired) electrons. The zero-order valence-electron chi connectivity index (χ0n) is 18.1. The van der Waals surface area contributed by atoms with E-state index in [1.807, 2.05) is 24.3 Å². The molecule has 2 fully saturated rings. The van der Waals surface area contributed by atoms with Crippen molar-refractivity contribution in [2.75, 3.05) is 19.8 Å². The number of nitrogens with one attached hydrogen (secondary N) is 2. The normalized spacial score (nSPS) is 22.2. The lowest BCUT2D eigenvalue weighted by molar-refractivity contribution is -0.143. The van der Waals surface area contributed by atoms with Crippen molar-refractivity contribution in [1.82, 2.24) is 10.6 Å². The highest BCUT2D eigenvalue weighted by molar-refractivity contribution is 5.90. The van der Waals surface area contributed by atoms with Crippen molar-refractivity contribution < 1.29 is 29.0 Å². The van der Waals surface area contributed by atoms with Crippen LogP contribution in [-0.2, 0) is 19.1 Å². The Labute approximate surface area is 191 Å². The zero-order valence-corrected chi connectivity index (χ0v) is 18.1. The number of carbonyl (C=O) groups excluding carboxylic acids is 2. The molecule has 1 heterocycles. The summed E-state index contributed by atoms with van der Waals surface area (Å²) in [7, 11) is 0. The lowest BCUT2D eigenvalue weighted by Gasteiger charge is -2.16. The fourth-order valence-electron chi connectivity index (χ4n) is 4.73. The maximum Gasteiger partial charge on any atom is 0.407 e. The minimum absolute atomic E-state index is 0.0112. The van der Waals surface area contributed by atoms with Gasteiger partial charge in [-0.25, -0.2) is 9.59 Å². The Kier molecular flexibility index (Phi) is 5.54. The van der Waals surface area contributed by atoms with E-state index in [4.69, 9.17) is 9.47 Å². The van der Waals surface area contributed by atoms with E-state index in [0.717, 1.165) is 11.1 Å². The average molecular weight is 450 g/mol. The van der Waals surface area contributed by atoms with Gasteiger partial charge in [0.25, 0.3) is 0 Å². The van der Waals surface area contributed by atoms with Gasteiger partial charge in [-0.05, 0) is 41.5 Å². The van der Waals surface area contributed by atoms with Crippen molar-refractivity contribution in [1.29, 1.82) is 0 Å². The average Bonchev–Trinajstić information content (AvgIpc) is 3.33. The maximum absolute atomic E-state index is 12.4. The van der Waals surface area contributed by atoms with Crippen LogP contribution in [0.5, 0.6) is 0 Å². The highest BCUT2D eigenvalue weighted by Gasteiger charge is 2.52. The third kappa shape index (κ3) is 4.18. The van der Waals surface area contributed by atoms with E-state index in [1.54, 1.807) is 0 Å². The highest BCUT2D eigenvalue weighted by Crippen LogP contribution is 2.44. The Morgan fingerprint density at radius 1 is 1.03 bits per heavy atom. The number of carbonyl (C=O) groups is 3. The van der Waals surface area contributed by atoms with E-state index < -0.39 is 23.5 Å². The number of aliphatic carboxylic acids is 1. The molecule has 2 aliphatic carbocycles. The molecule has 1 aliphatic heterocycles. The van der Waals surface area contributed by atoms with Crippen molar-refractivity contribution >= 4 is 18.0 Å². The van der Waals surface area contributed by atoms with Crippen LogP contribution in [0.4, 0.5) is 4.79 Å². The number of carboxylic acids is 1. The van der Waals surface area contributed by atoms with Gasteiger partial charge in [-0.1, -0.05) is 48.5 Å². The molecule has 5 rings (SSSR count). The van der Waals surface area contributed by atoms with Crippen LogP contribution in [0.2, 0.25) is 0 Å². The molecule has 2 unspecified atom stereocenters. The fourth-order valence-corrected chi connectivity index (χ4v) is 4.73. The van der Waals surface area contributed by atoms with Gasteiger partial charge in [0.1, 0.15) is 12.1 Å². The van der Waals surface area contributed by atoms with Crippen LogP contribution in [-0.4, -0.2) is 54.5 Å². The van der Waals surface area contributed by atoms with Gasteiger partial charge in [-0.15, -0.1) is 0 Å². The van der Waals surface area contributed by atoms with E-state index in [2.05, 4.69) is 34.9 Å². The monoisotopic (exact) mass is 450 g/mol. The molecule has 0 aromatic heterocycles. The first kappa shape index (κ1) is 21.5. The third-order valence-electron chi connectivity index (χ3n) is 6.79. The lowest BCUT2D eigenvalue weighted by atomic mass is 9.98. The van der Waals surface area contributed by atoms with E-state index in [9.17, 15) is 19.5 Å². The first-order valence-corrected chi connectivity index (χ1v) is 11.2. The number of hydrogen-bond donors (Lipinski definition) is 3. The summed E-state index contributed by atoms with van der Waals surface area (Å²) in [6.45, 7) is 0.663. The Balaban J connectivity index is 1.10. The number of amides is 2. The molecule has 3 aliphatic rings. The van der Waals surface area contributed by atoms with Crippen molar-refractivity contribution in [3.63, 3.8) is 0 Å². The summed E-state index contributed by atoms with van der Waals surface area (Å²) in [4.78, 5) is 36.0. The van der Waals surface area contributed by atoms with Gasteiger partial charge in [0, 0.05) is 12.5 Å². The minimum atomic E-state index is -1.10. The predicted octanol–water partition coefficient (Wildman–Crippen LogP) is 2.66. The van der Waals surface area contributed by atoms with Crippen molar-refractivity contribution in [3.8, 4) is 11.1 Å². The van der Waals surface area contributed by atoms with Crippen LogP contribution < -0.4 is 10.6 Å². The molecule has 33 heavy (non-hydrogen) atoms. The summed E-state index contributed by atoms with van der Waals surface area (Å²) < 4.78 is 11.1. The molecular weight excluding hydrogens is 424 g/mol. The quantitative estimate of drug-likeness (QED) is 0.598. The van der Waals surface area contributed by atoms with Crippen molar-refractivity contribution in [2.45, 2.75) is 36.8 Å². The molecule has 3 N–H and O–H groups in total. The van der Waals surface area contributed by atoms with E-state index >= 15 is 0 Å². The Hall–Kier alpha value is -3.39. The largest absolute Gasteiger partial charge is 0.480 e. The molecule has 0 bridgehead atoms. The number of ether oxygens (including phenoxy) is 2. The maximum atomic E-state index is 12.4. The fraction of sp³-hybridized carbons (Fsp3) is 0.400. The van der Waals surface area contributed by atoms with E-state index in [-0.39, 0.29) is 37.7 Å². The second kappa shape index (κ2) is 8.51. The first-order chi connectivity index (χ1) is 16.0. The summed E-state index contributed by atoms with van der Waals surface area (Å²) in [5.74, 6) is -1.74. The topological polar surface area (TPSA) is 114 Å². The number of carboxylic acid groups (broad SMARTS) is 1. The number of alkyl carbamates (subject to hydrolysis) is 1. The summed E-state index contributed by atoms with van der Waals surface area (Å²) in [6, 6.07) is 16.3. The first-order valence-electron chi connectivity index (χ1n) is 11.2. The van der Waals surface area contributed by atoms with Crippen molar-refractivity contribution in [3.05, 3.63) is 59.7 Å². The molecule has 2 amide bonds. The summed E-state index contributed by atoms with van der Waals surface area (Å²) in [5.41, 5.74) is 3.53. The molecule has 2 aromatic carbocycles. The molecule has 2 aromatic rings. The molecule has 0 spiro atoms. The molecule has 1 saturated carbocycles. The van der Waals surface area contributed by atoms with Gasteiger partial charge >= 0.3 is 12.1 Å². The van der Waals surface area contributed by atoms with E-state index in [0.29, 0.717) is 19.3 Å². The van der Waals surface area contributed by atoms with Gasteiger partial charge in [-0.3, -0.25) is 4.79 Å². The second-order valence-electron chi connectivity index (χ2n) is 8.97. The molecule has 172 valence electrons. The second-order valence-corrected chi connectivity index (χ2v) is 8.97. The molecule has 8 heteroatoms. The van der Waals surface area contributed by atoms with E-state index in [1.165, 1.54) is 11.1 Å². The SMILES string of the molecule is O=C(NCC1CC(C(=O)NC2(C(=O)O)CC2)CO1)OCC1c2ccccc2-c2ccccc21. The summed E-state index contributed by atoms with van der Waals surface area (Å²) >= 11 is 0. The summed E-state index contributed by atoms with van der Waals surface area (Å²) in [6.07, 6.45) is 0.478. The van der Waals surface area contributed by atoms with Crippen LogP contribution in [0.15, 0.2) is 48.5 Å². The van der Waals surface area contributed by atoms with Gasteiger partial charge in [0.15, 0.2) is 0 Å². The molecular formula is C25H26N2O6. The molecule has 2 atom stereocenters. The van der Waals surface area contributed by atoms with Gasteiger partial charge in [0.2, 0.25) is 5.91 Å². The number of fused-ring (bicyclic) bond motifs is 3. The Morgan fingerprint density at radius 3 is 2.27 bits per heavy atom. The van der Waals surface area contributed by atoms with Gasteiger partial charge < -0.3 is 25.2 Å². The lowest BCUT2D eigenvalue weighted by Crippen LogP contribution is -2.46. The number of rotatable bonds is 7. The third-order valence-corrected chi connectivity index (χ3v) is 6.79. The van der Waals surface area contributed by atoms with Crippen LogP contribution in [0, 0.1) is 5.92 Å². The van der Waals surface area contributed by atoms with Gasteiger partial charge in [-0.2, -0.15) is 0 Å². The van der Waals surface area contributed by atoms with Crippen LogP contribution in [0.25, 0.3) is 11.1 Å². The highest BCUT2D eigenvalue weighted by atomic mass is 16.5. The number of benzene rings is 2. The molecule has 1 saturated heterocycles. The van der Waals surface area contributed by atoms with Crippen LogP contribution in [0.3, 0.4) is 0 Å². The van der Waals surface area contributed by atoms with Crippen molar-refractivity contribution in [2.24, 2.45) is 5.92 Å². The summed E-state index contributed by atoms with van der Waals surface area (Å²) in [5, 5.41) is 14.6. The van der Waals surface area contributed by atoms with Crippen LogP contribution in [0.1, 0.15) is 36.3 Å². The Morgan fingerprint density at radius 2 is 1.67 bits per heavy atom. The number of hydrogen-bond acceptors (Lipinski definition) is 5. The molecule has 8 nitrogen and oxygen atoms in total. The van der Waals surface area contributed by atoms with Crippen LogP contribution >= 0.6 is 0 Å². The minimum Gasteiger partial charge on any atom is -0.480 e. The standard InChI is InChI=1S/C25H26N2O6/c28-22(27-25(9-10-25)23(29)30)15-11-16(32-13-15)12-26-24(31)33-14-21-19-7-3-1-5-17(19)18-6-2-4-8-20(18)21/h1-8,15-16,21H,9-14H2,(H,26,31)(H,27,28)(H,29,30). The predicted molar refractivity (Wildman–Crippen MR) is 119 cm³/mol.